The van der Waals surface area contributed by atoms with Crippen LogP contribution in [0, 0.1) is 11.8 Å². The second kappa shape index (κ2) is 8.13. The molecule has 1 saturated carbocycles. The van der Waals surface area contributed by atoms with Gasteiger partial charge in [-0.25, -0.2) is 0 Å². The van der Waals surface area contributed by atoms with Gasteiger partial charge in [-0.2, -0.15) is 0 Å². The molecule has 0 spiro atoms. The Kier molecular flexibility index (Phi) is 7.18. The molecule has 0 aromatic heterocycles. The van der Waals surface area contributed by atoms with Crippen molar-refractivity contribution in [2.75, 3.05) is 0 Å². The first kappa shape index (κ1) is 15.0. The van der Waals surface area contributed by atoms with Crippen LogP contribution in [0.1, 0.15) is 79.1 Å². The van der Waals surface area contributed by atoms with Gasteiger partial charge in [-0.1, -0.05) is 39.5 Å². The first-order chi connectivity index (χ1) is 8.09. The highest BCUT2D eigenvalue weighted by atomic mass is 14.9. The maximum absolute atomic E-state index is 3.83. The van der Waals surface area contributed by atoms with Crippen LogP contribution >= 0.6 is 0 Å². The summed E-state index contributed by atoms with van der Waals surface area (Å²) in [4.78, 5) is 0. The summed E-state index contributed by atoms with van der Waals surface area (Å²) in [6, 6.07) is 1.41. The Bertz CT molecular complexity index is 180. The van der Waals surface area contributed by atoms with Gasteiger partial charge in [0.15, 0.2) is 0 Å². The van der Waals surface area contributed by atoms with Gasteiger partial charge in [-0.3, -0.25) is 0 Å². The normalized spacial score (nSPS) is 22.4. The Hall–Kier alpha value is -0.0400. The molecule has 1 rings (SSSR count). The minimum Gasteiger partial charge on any atom is -0.312 e. The Morgan fingerprint density at radius 3 is 2.00 bits per heavy atom. The molecule has 0 aromatic rings. The molecule has 1 aliphatic carbocycles. The fraction of sp³-hybridized carbons (Fsp3) is 1.00. The van der Waals surface area contributed by atoms with Crippen molar-refractivity contribution in [1.82, 2.24) is 5.32 Å². The molecule has 0 bridgehead atoms. The number of hydrogen-bond donors (Lipinski definition) is 1. The van der Waals surface area contributed by atoms with E-state index >= 15 is 0 Å². The summed E-state index contributed by atoms with van der Waals surface area (Å²) in [5.74, 6) is 1.77. The molecule has 0 aliphatic heterocycles. The van der Waals surface area contributed by atoms with Crippen LogP contribution in [0.25, 0.3) is 0 Å². The third kappa shape index (κ3) is 6.45. The SMILES string of the molecule is CC(C)CCC(C)N[C@@H](C)C1CCCCCC1. The quantitative estimate of drug-likeness (QED) is 0.659. The van der Waals surface area contributed by atoms with Crippen molar-refractivity contribution in [3.63, 3.8) is 0 Å². The lowest BCUT2D eigenvalue weighted by molar-refractivity contribution is 0.302. The molecule has 1 nitrogen and oxygen atoms in total. The topological polar surface area (TPSA) is 12.0 Å². The van der Waals surface area contributed by atoms with Crippen LogP contribution in [0.3, 0.4) is 0 Å². The summed E-state index contributed by atoms with van der Waals surface area (Å²) in [7, 11) is 0. The van der Waals surface area contributed by atoms with Gasteiger partial charge in [-0.15, -0.1) is 0 Å². The highest BCUT2D eigenvalue weighted by Gasteiger charge is 2.20. The predicted octanol–water partition coefficient (Wildman–Crippen LogP) is 4.76. The van der Waals surface area contributed by atoms with Crippen LogP contribution < -0.4 is 5.32 Å². The smallest absolute Gasteiger partial charge is 0.00694 e. The molecule has 0 radical (unpaired) electrons. The Balaban J connectivity index is 2.23. The van der Waals surface area contributed by atoms with E-state index in [2.05, 4.69) is 33.0 Å². The number of rotatable bonds is 6. The second-order valence-corrected chi connectivity index (χ2v) is 6.58. The predicted molar refractivity (Wildman–Crippen MR) is 77.3 cm³/mol. The number of hydrogen-bond acceptors (Lipinski definition) is 1. The van der Waals surface area contributed by atoms with Crippen molar-refractivity contribution in [1.29, 1.82) is 0 Å². The van der Waals surface area contributed by atoms with Gasteiger partial charge in [0, 0.05) is 12.1 Å². The zero-order chi connectivity index (χ0) is 12.7. The summed E-state index contributed by atoms with van der Waals surface area (Å²) in [5, 5.41) is 3.83. The van der Waals surface area contributed by atoms with E-state index in [9.17, 15) is 0 Å². The van der Waals surface area contributed by atoms with Gasteiger partial charge in [0.1, 0.15) is 0 Å². The highest BCUT2D eigenvalue weighted by molar-refractivity contribution is 4.77. The zero-order valence-electron chi connectivity index (χ0n) is 12.5. The van der Waals surface area contributed by atoms with Crippen molar-refractivity contribution in [3.05, 3.63) is 0 Å². The zero-order valence-corrected chi connectivity index (χ0v) is 12.5. The molecular formula is C16H33N. The van der Waals surface area contributed by atoms with Gasteiger partial charge in [-0.05, 0) is 51.4 Å². The molecular weight excluding hydrogens is 206 g/mol. The van der Waals surface area contributed by atoms with Crippen molar-refractivity contribution in [3.8, 4) is 0 Å². The molecule has 0 aromatic carbocycles. The minimum atomic E-state index is 0.690. The molecule has 2 atom stereocenters. The third-order valence-electron chi connectivity index (χ3n) is 4.33. The third-order valence-corrected chi connectivity index (χ3v) is 4.33. The largest absolute Gasteiger partial charge is 0.312 e. The second-order valence-electron chi connectivity index (χ2n) is 6.58. The van der Waals surface area contributed by atoms with Crippen LogP contribution in [0.15, 0.2) is 0 Å². The fourth-order valence-electron chi connectivity index (χ4n) is 3.06. The molecule has 0 saturated heterocycles. The van der Waals surface area contributed by atoms with Crippen LogP contribution in [-0.2, 0) is 0 Å². The lowest BCUT2D eigenvalue weighted by atomic mass is 9.92. The molecule has 1 N–H and O–H groups in total. The lowest BCUT2D eigenvalue weighted by Gasteiger charge is -2.27. The van der Waals surface area contributed by atoms with E-state index in [0.717, 1.165) is 17.9 Å². The summed E-state index contributed by atoms with van der Waals surface area (Å²) < 4.78 is 0. The van der Waals surface area contributed by atoms with E-state index in [0.29, 0.717) is 6.04 Å². The monoisotopic (exact) mass is 239 g/mol. The Labute approximate surface area is 109 Å². The summed E-state index contributed by atoms with van der Waals surface area (Å²) >= 11 is 0. The average Bonchev–Trinajstić information content (AvgIpc) is 2.54. The molecule has 0 amide bonds. The van der Waals surface area contributed by atoms with E-state index in [1.807, 2.05) is 0 Å². The van der Waals surface area contributed by atoms with Gasteiger partial charge >= 0.3 is 0 Å². The summed E-state index contributed by atoms with van der Waals surface area (Å²) in [6.07, 6.45) is 11.4. The summed E-state index contributed by atoms with van der Waals surface area (Å²) in [5.41, 5.74) is 0. The molecule has 1 heteroatoms. The summed E-state index contributed by atoms with van der Waals surface area (Å²) in [6.45, 7) is 9.40. The van der Waals surface area contributed by atoms with Gasteiger partial charge in [0.05, 0.1) is 0 Å². The number of nitrogens with one attached hydrogen (secondary N) is 1. The van der Waals surface area contributed by atoms with Crippen molar-refractivity contribution in [2.24, 2.45) is 11.8 Å². The van der Waals surface area contributed by atoms with E-state index in [4.69, 9.17) is 0 Å². The van der Waals surface area contributed by atoms with Crippen molar-refractivity contribution >= 4 is 0 Å². The van der Waals surface area contributed by atoms with Gasteiger partial charge in [0.2, 0.25) is 0 Å². The minimum absolute atomic E-state index is 0.690. The average molecular weight is 239 g/mol. The van der Waals surface area contributed by atoms with Gasteiger partial charge in [0.25, 0.3) is 0 Å². The van der Waals surface area contributed by atoms with Crippen molar-refractivity contribution in [2.45, 2.75) is 91.1 Å². The van der Waals surface area contributed by atoms with Crippen molar-refractivity contribution < 1.29 is 0 Å². The van der Waals surface area contributed by atoms with Crippen LogP contribution in [-0.4, -0.2) is 12.1 Å². The molecule has 1 aliphatic rings. The molecule has 0 heterocycles. The molecule has 102 valence electrons. The van der Waals surface area contributed by atoms with Gasteiger partial charge < -0.3 is 5.32 Å². The fourth-order valence-corrected chi connectivity index (χ4v) is 3.06. The Morgan fingerprint density at radius 1 is 0.882 bits per heavy atom. The van der Waals surface area contributed by atoms with Crippen LogP contribution in [0.4, 0.5) is 0 Å². The first-order valence-electron chi connectivity index (χ1n) is 7.85. The standard InChI is InChI=1S/C16H33N/c1-13(2)11-12-14(3)17-15(4)16-9-7-5-6-8-10-16/h13-17H,5-12H2,1-4H3/t14?,15-/m0/s1. The maximum atomic E-state index is 3.83. The van der Waals surface area contributed by atoms with E-state index < -0.39 is 0 Å². The van der Waals surface area contributed by atoms with Crippen LogP contribution in [0.2, 0.25) is 0 Å². The molecule has 17 heavy (non-hydrogen) atoms. The Morgan fingerprint density at radius 2 is 1.47 bits per heavy atom. The van der Waals surface area contributed by atoms with E-state index in [1.165, 1.54) is 51.4 Å². The van der Waals surface area contributed by atoms with E-state index in [-0.39, 0.29) is 0 Å². The lowest BCUT2D eigenvalue weighted by Crippen LogP contribution is -2.39. The maximum Gasteiger partial charge on any atom is 0.00694 e. The molecule has 1 fully saturated rings. The first-order valence-corrected chi connectivity index (χ1v) is 7.85. The van der Waals surface area contributed by atoms with E-state index in [1.54, 1.807) is 0 Å². The molecule has 1 unspecified atom stereocenters. The van der Waals surface area contributed by atoms with Crippen LogP contribution in [0.5, 0.6) is 0 Å². The highest BCUT2D eigenvalue weighted by Crippen LogP contribution is 2.25.